The second-order valence-electron chi connectivity index (χ2n) is 4.37. The third kappa shape index (κ3) is 2.43. The Balaban J connectivity index is 3.38. The number of alkyl halides is 2. The number of aromatic nitrogens is 1. The van der Waals surface area contributed by atoms with Crippen LogP contribution in [-0.2, 0) is 5.92 Å². The lowest BCUT2D eigenvalue weighted by Crippen LogP contribution is -2.24. The molecule has 94 valence electrons. The Morgan fingerprint density at radius 1 is 1.41 bits per heavy atom. The Morgan fingerprint density at radius 3 is 2.29 bits per heavy atom. The van der Waals surface area contributed by atoms with E-state index in [-0.39, 0.29) is 17.0 Å². The van der Waals surface area contributed by atoms with Crippen LogP contribution in [0.25, 0.3) is 0 Å². The molecule has 0 amide bonds. The van der Waals surface area contributed by atoms with Gasteiger partial charge >= 0.3 is 5.97 Å². The van der Waals surface area contributed by atoms with Gasteiger partial charge in [-0.05, 0) is 25.5 Å². The van der Waals surface area contributed by atoms with Gasteiger partial charge in [0.1, 0.15) is 5.69 Å². The van der Waals surface area contributed by atoms with Crippen LogP contribution in [0.3, 0.4) is 0 Å². The number of rotatable bonds is 3. The Bertz CT molecular complexity index is 433. The van der Waals surface area contributed by atoms with E-state index in [1.165, 1.54) is 27.7 Å². The molecular formula is C12H15F2NO2. The highest BCUT2D eigenvalue weighted by Crippen LogP contribution is 2.35. The molecule has 0 unspecified atom stereocenters. The van der Waals surface area contributed by atoms with Gasteiger partial charge in [0.2, 0.25) is 0 Å². The summed E-state index contributed by atoms with van der Waals surface area (Å²) in [5.74, 6) is -5.08. The summed E-state index contributed by atoms with van der Waals surface area (Å²) in [4.78, 5) is 14.6. The summed E-state index contributed by atoms with van der Waals surface area (Å²) in [5.41, 5.74) is 0.0500. The SMILES string of the molecule is Cc1cc(C(F)(F)C(C)C)nc(C)c1C(=O)O. The first kappa shape index (κ1) is 13.5. The number of nitrogens with zero attached hydrogens (tertiary/aromatic N) is 1. The van der Waals surface area contributed by atoms with E-state index < -0.39 is 17.8 Å². The fourth-order valence-corrected chi connectivity index (χ4v) is 1.62. The van der Waals surface area contributed by atoms with Crippen molar-refractivity contribution < 1.29 is 18.7 Å². The van der Waals surface area contributed by atoms with Crippen molar-refractivity contribution in [3.05, 3.63) is 28.6 Å². The highest BCUT2D eigenvalue weighted by Gasteiger charge is 2.38. The maximum absolute atomic E-state index is 13.8. The molecule has 0 aliphatic carbocycles. The molecule has 0 spiro atoms. The van der Waals surface area contributed by atoms with Gasteiger partial charge in [-0.1, -0.05) is 13.8 Å². The Kier molecular flexibility index (Phi) is 3.50. The van der Waals surface area contributed by atoms with Gasteiger partial charge in [0.05, 0.1) is 11.3 Å². The first-order valence-corrected chi connectivity index (χ1v) is 5.27. The number of carboxylic acid groups (broad SMARTS) is 1. The number of hydrogen-bond acceptors (Lipinski definition) is 2. The summed E-state index contributed by atoms with van der Waals surface area (Å²) in [6.45, 7) is 5.73. The summed E-state index contributed by atoms with van der Waals surface area (Å²) in [7, 11) is 0. The van der Waals surface area contributed by atoms with Crippen LogP contribution in [0.2, 0.25) is 0 Å². The van der Waals surface area contributed by atoms with Crippen LogP contribution in [0, 0.1) is 19.8 Å². The average molecular weight is 243 g/mol. The molecule has 5 heteroatoms. The zero-order valence-electron chi connectivity index (χ0n) is 10.2. The van der Waals surface area contributed by atoms with Crippen LogP contribution >= 0.6 is 0 Å². The minimum absolute atomic E-state index is 0.00620. The summed E-state index contributed by atoms with van der Waals surface area (Å²) < 4.78 is 27.5. The van der Waals surface area contributed by atoms with Gasteiger partial charge in [-0.3, -0.25) is 4.98 Å². The maximum atomic E-state index is 13.8. The monoisotopic (exact) mass is 243 g/mol. The second kappa shape index (κ2) is 4.39. The van der Waals surface area contributed by atoms with Crippen molar-refractivity contribution in [2.75, 3.05) is 0 Å². The minimum atomic E-state index is -3.05. The van der Waals surface area contributed by atoms with Crippen molar-refractivity contribution in [2.45, 2.75) is 33.6 Å². The maximum Gasteiger partial charge on any atom is 0.337 e. The molecule has 0 aromatic carbocycles. The number of carbonyl (C=O) groups is 1. The van der Waals surface area contributed by atoms with E-state index in [0.717, 1.165) is 6.07 Å². The predicted octanol–water partition coefficient (Wildman–Crippen LogP) is 3.14. The van der Waals surface area contributed by atoms with E-state index >= 15 is 0 Å². The van der Waals surface area contributed by atoms with Gasteiger partial charge in [-0.2, -0.15) is 8.78 Å². The van der Waals surface area contributed by atoms with Crippen molar-refractivity contribution in [3.8, 4) is 0 Å². The molecule has 1 heterocycles. The summed E-state index contributed by atoms with van der Waals surface area (Å²) in [6.07, 6.45) is 0. The fourth-order valence-electron chi connectivity index (χ4n) is 1.62. The van der Waals surface area contributed by atoms with Crippen LogP contribution in [0.5, 0.6) is 0 Å². The molecule has 1 aromatic heterocycles. The van der Waals surface area contributed by atoms with Crippen LogP contribution < -0.4 is 0 Å². The zero-order chi connectivity index (χ0) is 13.4. The highest BCUT2D eigenvalue weighted by atomic mass is 19.3. The third-order valence-corrected chi connectivity index (χ3v) is 2.68. The van der Waals surface area contributed by atoms with Crippen LogP contribution in [0.4, 0.5) is 8.78 Å². The topological polar surface area (TPSA) is 50.2 Å². The Hall–Kier alpha value is -1.52. The lowest BCUT2D eigenvalue weighted by Gasteiger charge is -2.21. The zero-order valence-corrected chi connectivity index (χ0v) is 10.2. The van der Waals surface area contributed by atoms with Crippen LogP contribution in [0.1, 0.15) is 41.2 Å². The molecule has 0 saturated carbocycles. The molecule has 0 bridgehead atoms. The lowest BCUT2D eigenvalue weighted by molar-refractivity contribution is -0.0556. The highest BCUT2D eigenvalue weighted by molar-refractivity contribution is 5.90. The van der Waals surface area contributed by atoms with Gasteiger partial charge in [-0.15, -0.1) is 0 Å². The minimum Gasteiger partial charge on any atom is -0.478 e. The van der Waals surface area contributed by atoms with Crippen molar-refractivity contribution in [3.63, 3.8) is 0 Å². The molecule has 1 N–H and O–H groups in total. The third-order valence-electron chi connectivity index (χ3n) is 2.68. The fraction of sp³-hybridized carbons (Fsp3) is 0.500. The quantitative estimate of drug-likeness (QED) is 0.887. The molecule has 0 aliphatic heterocycles. The second-order valence-corrected chi connectivity index (χ2v) is 4.37. The number of halogens is 2. The van der Waals surface area contributed by atoms with Gasteiger partial charge in [-0.25, -0.2) is 4.79 Å². The van der Waals surface area contributed by atoms with Crippen molar-refractivity contribution in [1.82, 2.24) is 4.98 Å². The molecule has 17 heavy (non-hydrogen) atoms. The summed E-state index contributed by atoms with van der Waals surface area (Å²) in [6, 6.07) is 1.15. The van der Waals surface area contributed by atoms with Gasteiger partial charge in [0.25, 0.3) is 5.92 Å². The first-order valence-electron chi connectivity index (χ1n) is 5.27. The van der Waals surface area contributed by atoms with E-state index in [1.54, 1.807) is 0 Å². The largest absolute Gasteiger partial charge is 0.478 e. The molecule has 0 radical (unpaired) electrons. The Labute approximate surface area is 98.5 Å². The molecular weight excluding hydrogens is 228 g/mol. The van der Waals surface area contributed by atoms with Gasteiger partial charge in [0, 0.05) is 5.92 Å². The average Bonchev–Trinajstić information content (AvgIpc) is 2.15. The molecule has 0 atom stereocenters. The molecule has 1 rings (SSSR count). The summed E-state index contributed by atoms with van der Waals surface area (Å²) >= 11 is 0. The number of carboxylic acids is 1. The molecule has 0 saturated heterocycles. The van der Waals surface area contributed by atoms with Crippen molar-refractivity contribution in [2.24, 2.45) is 5.92 Å². The van der Waals surface area contributed by atoms with Crippen LogP contribution in [0.15, 0.2) is 6.07 Å². The number of hydrogen-bond donors (Lipinski definition) is 1. The van der Waals surface area contributed by atoms with Crippen molar-refractivity contribution >= 4 is 5.97 Å². The number of aryl methyl sites for hydroxylation is 2. The van der Waals surface area contributed by atoms with E-state index in [0.29, 0.717) is 5.56 Å². The molecule has 0 fully saturated rings. The molecule has 0 aliphatic rings. The normalized spacial score (nSPS) is 11.9. The van der Waals surface area contributed by atoms with Gasteiger partial charge < -0.3 is 5.11 Å². The van der Waals surface area contributed by atoms with E-state index in [1.807, 2.05) is 0 Å². The summed E-state index contributed by atoms with van der Waals surface area (Å²) in [5, 5.41) is 8.92. The number of pyridine rings is 1. The van der Waals surface area contributed by atoms with E-state index in [4.69, 9.17) is 5.11 Å². The Morgan fingerprint density at radius 2 is 1.94 bits per heavy atom. The molecule has 1 aromatic rings. The number of aromatic carboxylic acids is 1. The lowest BCUT2D eigenvalue weighted by atomic mass is 9.98. The van der Waals surface area contributed by atoms with E-state index in [2.05, 4.69) is 4.98 Å². The predicted molar refractivity (Wildman–Crippen MR) is 59.4 cm³/mol. The molecule has 3 nitrogen and oxygen atoms in total. The van der Waals surface area contributed by atoms with Crippen LogP contribution in [-0.4, -0.2) is 16.1 Å². The standard InChI is InChI=1S/C12H15F2NO2/c1-6(2)12(13,14)9-5-7(3)10(11(16)17)8(4)15-9/h5-6H,1-4H3,(H,16,17). The smallest absolute Gasteiger partial charge is 0.337 e. The van der Waals surface area contributed by atoms with E-state index in [9.17, 15) is 13.6 Å². The first-order chi connectivity index (χ1) is 7.67. The van der Waals surface area contributed by atoms with Crippen molar-refractivity contribution in [1.29, 1.82) is 0 Å². The van der Waals surface area contributed by atoms with Gasteiger partial charge in [0.15, 0.2) is 0 Å².